The van der Waals surface area contributed by atoms with Gasteiger partial charge in [0, 0.05) is 30.1 Å². The Morgan fingerprint density at radius 2 is 1.43 bits per heavy atom. The van der Waals surface area contributed by atoms with Gasteiger partial charge in [0.1, 0.15) is 11.9 Å². The minimum absolute atomic E-state index is 0.223. The number of alkyl halides is 3. The second-order valence-electron chi connectivity index (χ2n) is 12.4. The molecule has 0 saturated carbocycles. The summed E-state index contributed by atoms with van der Waals surface area (Å²) in [4.78, 5) is 58.6. The summed E-state index contributed by atoms with van der Waals surface area (Å²) < 4.78 is 44.0. The monoisotopic (exact) mass is 730 g/mol. The highest BCUT2D eigenvalue weighted by atomic mass is 19.4. The maximum absolute atomic E-state index is 13.8. The third kappa shape index (κ3) is 8.45. The number of hydrogen-bond acceptors (Lipinski definition) is 6. The number of likely N-dealkylation sites (N-methyl/N-ethyl adjacent to an activating group) is 1. The van der Waals surface area contributed by atoms with Crippen molar-refractivity contribution in [1.29, 1.82) is 0 Å². The zero-order chi connectivity index (χ0) is 38.4. The first-order valence-electron chi connectivity index (χ1n) is 16.7. The van der Waals surface area contributed by atoms with E-state index in [0.29, 0.717) is 33.2 Å². The molecule has 54 heavy (non-hydrogen) atoms. The molecule has 1 heterocycles. The Morgan fingerprint density at radius 3 is 2.11 bits per heavy atom. The van der Waals surface area contributed by atoms with Gasteiger partial charge >= 0.3 is 12.1 Å². The second kappa shape index (κ2) is 15.8. The second-order valence-corrected chi connectivity index (χ2v) is 12.4. The van der Waals surface area contributed by atoms with Crippen LogP contribution in [-0.2, 0) is 22.3 Å². The Labute approximate surface area is 308 Å². The molecule has 0 unspecified atom stereocenters. The molecule has 3 amide bonds. The van der Waals surface area contributed by atoms with Crippen molar-refractivity contribution in [3.8, 4) is 11.1 Å². The van der Waals surface area contributed by atoms with E-state index in [-0.39, 0.29) is 29.4 Å². The van der Waals surface area contributed by atoms with Crippen molar-refractivity contribution in [3.63, 3.8) is 0 Å². The fourth-order valence-corrected chi connectivity index (χ4v) is 5.88. The minimum Gasteiger partial charge on any atom is -0.465 e. The number of pyridine rings is 1. The number of nitrogens with one attached hydrogen (secondary N) is 2. The van der Waals surface area contributed by atoms with Crippen molar-refractivity contribution >= 4 is 40.4 Å². The average Bonchev–Trinajstić information content (AvgIpc) is 3.19. The molecule has 0 bridgehead atoms. The summed E-state index contributed by atoms with van der Waals surface area (Å²) in [5, 5.41) is 6.23. The van der Waals surface area contributed by atoms with Gasteiger partial charge < -0.3 is 20.3 Å². The summed E-state index contributed by atoms with van der Waals surface area (Å²) in [5.41, 5.74) is 2.87. The van der Waals surface area contributed by atoms with Gasteiger partial charge in [-0.25, -0.2) is 9.78 Å². The number of anilines is 1. The van der Waals surface area contributed by atoms with Crippen molar-refractivity contribution in [2.45, 2.75) is 18.8 Å². The number of nitrogens with zero attached hydrogens (tertiary/aromatic N) is 2. The molecule has 1 atom stereocenters. The van der Waals surface area contributed by atoms with Crippen molar-refractivity contribution < 1.29 is 37.1 Å². The Kier molecular flexibility index (Phi) is 10.8. The predicted octanol–water partition coefficient (Wildman–Crippen LogP) is 8.09. The molecule has 0 aliphatic heterocycles. The molecule has 0 fully saturated rings. The molecule has 0 spiro atoms. The molecule has 0 radical (unpaired) electrons. The smallest absolute Gasteiger partial charge is 0.416 e. The molecule has 0 aliphatic carbocycles. The van der Waals surface area contributed by atoms with Gasteiger partial charge in [0.15, 0.2) is 0 Å². The van der Waals surface area contributed by atoms with E-state index in [1.165, 1.54) is 24.1 Å². The van der Waals surface area contributed by atoms with Crippen molar-refractivity contribution in [2.75, 3.05) is 19.5 Å². The van der Waals surface area contributed by atoms with E-state index in [1.807, 2.05) is 6.07 Å². The van der Waals surface area contributed by atoms with Crippen LogP contribution < -0.4 is 10.6 Å². The van der Waals surface area contributed by atoms with E-state index < -0.39 is 35.6 Å². The normalized spacial score (nSPS) is 11.7. The predicted molar refractivity (Wildman–Crippen MR) is 197 cm³/mol. The maximum Gasteiger partial charge on any atom is 0.416 e. The number of ether oxygens (including phenoxy) is 1. The summed E-state index contributed by atoms with van der Waals surface area (Å²) >= 11 is 0. The van der Waals surface area contributed by atoms with Crippen LogP contribution in [0.25, 0.3) is 22.0 Å². The van der Waals surface area contributed by atoms with Crippen molar-refractivity contribution in [2.24, 2.45) is 0 Å². The van der Waals surface area contributed by atoms with Crippen LogP contribution in [0.2, 0.25) is 0 Å². The van der Waals surface area contributed by atoms with Crippen molar-refractivity contribution in [1.82, 2.24) is 15.2 Å². The summed E-state index contributed by atoms with van der Waals surface area (Å²) in [7, 11) is 2.93. The van der Waals surface area contributed by atoms with E-state index in [1.54, 1.807) is 110 Å². The zero-order valence-electron chi connectivity index (χ0n) is 29.1. The SMILES string of the molecule is COC(=O)c1ccc(CN(C)C(=O)[C@@H](NC(=O)c2ccc3nc(NC(=O)c4ccccc4-c4ccc(C(F)(F)F)cc4)ccc3c2)c2ccccc2)cc1. The Hall–Kier alpha value is -6.82. The highest BCUT2D eigenvalue weighted by molar-refractivity contribution is 6.09. The van der Waals surface area contributed by atoms with Crippen LogP contribution in [0.5, 0.6) is 0 Å². The number of esters is 1. The first kappa shape index (κ1) is 37.0. The van der Waals surface area contributed by atoms with Crippen molar-refractivity contribution in [3.05, 3.63) is 167 Å². The lowest BCUT2D eigenvalue weighted by atomic mass is 9.98. The lowest BCUT2D eigenvalue weighted by molar-refractivity contribution is -0.137. The Morgan fingerprint density at radius 1 is 0.759 bits per heavy atom. The van der Waals surface area contributed by atoms with Crippen LogP contribution in [0.3, 0.4) is 0 Å². The van der Waals surface area contributed by atoms with Gasteiger partial charge in [-0.1, -0.05) is 72.8 Å². The van der Waals surface area contributed by atoms with Crippen LogP contribution in [0.4, 0.5) is 19.0 Å². The third-order valence-corrected chi connectivity index (χ3v) is 8.71. The van der Waals surface area contributed by atoms with E-state index >= 15 is 0 Å². The fourth-order valence-electron chi connectivity index (χ4n) is 5.88. The van der Waals surface area contributed by atoms with E-state index in [4.69, 9.17) is 4.74 Å². The minimum atomic E-state index is -4.48. The van der Waals surface area contributed by atoms with Crippen LogP contribution in [-0.4, -0.2) is 47.7 Å². The summed E-state index contributed by atoms with van der Waals surface area (Å²) in [6.45, 7) is 0.223. The molecule has 6 aromatic rings. The quantitative estimate of drug-likeness (QED) is 0.138. The molecule has 6 rings (SSSR count). The van der Waals surface area contributed by atoms with Gasteiger partial charge in [0.2, 0.25) is 5.91 Å². The van der Waals surface area contributed by atoms with E-state index in [0.717, 1.165) is 17.7 Å². The number of carbonyl (C=O) groups excluding carboxylic acids is 4. The van der Waals surface area contributed by atoms with Gasteiger partial charge in [0.05, 0.1) is 23.8 Å². The van der Waals surface area contributed by atoms with E-state index in [2.05, 4.69) is 15.6 Å². The topological polar surface area (TPSA) is 118 Å². The number of methoxy groups -OCH3 is 1. The zero-order valence-corrected chi connectivity index (χ0v) is 29.1. The number of amides is 3. The molecule has 0 aliphatic rings. The molecule has 5 aromatic carbocycles. The Bertz CT molecular complexity index is 2330. The third-order valence-electron chi connectivity index (χ3n) is 8.71. The molecular weight excluding hydrogens is 697 g/mol. The number of fused-ring (bicyclic) bond motifs is 1. The standard InChI is InChI=1S/C42H33F3N4O5/c1-49(25-26-12-14-29(15-13-26)41(53)54-2)40(52)37(28-8-4-3-5-9-28)48-38(50)31-18-22-35-30(24-31)19-23-36(46-35)47-39(51)34-11-7-6-10-33(34)27-16-20-32(21-17-27)42(43,44)45/h3-24,37H,25H2,1-2H3,(H,48,50)(H,46,47,51)/t37-/m0/s1. The van der Waals surface area contributed by atoms with Gasteiger partial charge in [-0.3, -0.25) is 14.4 Å². The number of aromatic nitrogens is 1. The Balaban J connectivity index is 1.16. The summed E-state index contributed by atoms with van der Waals surface area (Å²) in [5.74, 6) is -1.59. The van der Waals surface area contributed by atoms with Gasteiger partial charge in [0.25, 0.3) is 11.8 Å². The number of benzene rings is 5. The first-order chi connectivity index (χ1) is 25.9. The molecule has 0 saturated heterocycles. The lowest BCUT2D eigenvalue weighted by Gasteiger charge is -2.25. The molecule has 12 heteroatoms. The number of carbonyl (C=O) groups is 4. The first-order valence-corrected chi connectivity index (χ1v) is 16.7. The molecule has 272 valence electrons. The molecule has 9 nitrogen and oxygen atoms in total. The van der Waals surface area contributed by atoms with Crippen LogP contribution in [0, 0.1) is 0 Å². The molecular formula is C42H33F3N4O5. The number of hydrogen-bond donors (Lipinski definition) is 2. The van der Waals surface area contributed by atoms with Gasteiger partial charge in [-0.2, -0.15) is 13.2 Å². The van der Waals surface area contributed by atoms with Gasteiger partial charge in [-0.05, 0) is 82.9 Å². The van der Waals surface area contributed by atoms with Crippen LogP contribution in [0.15, 0.2) is 133 Å². The highest BCUT2D eigenvalue weighted by Crippen LogP contribution is 2.32. The average molecular weight is 731 g/mol. The number of halogens is 3. The van der Waals surface area contributed by atoms with Crippen LogP contribution in [0.1, 0.15) is 53.8 Å². The van der Waals surface area contributed by atoms with Gasteiger partial charge in [-0.15, -0.1) is 0 Å². The highest BCUT2D eigenvalue weighted by Gasteiger charge is 2.30. The fraction of sp³-hybridized carbons (Fsp3) is 0.119. The maximum atomic E-state index is 13.8. The molecule has 1 aromatic heterocycles. The molecule has 2 N–H and O–H groups in total. The largest absolute Gasteiger partial charge is 0.465 e. The van der Waals surface area contributed by atoms with E-state index in [9.17, 15) is 32.3 Å². The summed E-state index contributed by atoms with van der Waals surface area (Å²) in [6, 6.07) is 33.8. The lowest BCUT2D eigenvalue weighted by Crippen LogP contribution is -2.41. The summed E-state index contributed by atoms with van der Waals surface area (Å²) in [6.07, 6.45) is -4.48. The van der Waals surface area contributed by atoms with Crippen LogP contribution >= 0.6 is 0 Å². The number of rotatable bonds is 10.